The lowest BCUT2D eigenvalue weighted by Crippen LogP contribution is -2.19. The van der Waals surface area contributed by atoms with Crippen LogP contribution in [0.4, 0.5) is 0 Å². The maximum absolute atomic E-state index is 5.81. The van der Waals surface area contributed by atoms with E-state index in [-0.39, 0.29) is 6.10 Å². The summed E-state index contributed by atoms with van der Waals surface area (Å²) in [7, 11) is 0. The van der Waals surface area contributed by atoms with Gasteiger partial charge in [0.1, 0.15) is 16.8 Å². The van der Waals surface area contributed by atoms with Crippen LogP contribution in [0.2, 0.25) is 0 Å². The number of nitrogens with two attached hydrogens (primary N) is 1. The first kappa shape index (κ1) is 11.8. The molecule has 0 aliphatic carbocycles. The molecule has 16 heavy (non-hydrogen) atoms. The highest BCUT2D eigenvalue weighted by atomic mass is 79.9. The maximum Gasteiger partial charge on any atom is 0.130 e. The van der Waals surface area contributed by atoms with E-state index in [1.54, 1.807) is 0 Å². The van der Waals surface area contributed by atoms with Crippen LogP contribution >= 0.6 is 28.1 Å². The average molecular weight is 302 g/mol. The molecule has 0 radical (unpaired) electrons. The van der Waals surface area contributed by atoms with Crippen molar-refractivity contribution >= 4 is 33.1 Å². The minimum Gasteiger partial charge on any atom is -0.487 e. The normalized spacial score (nSPS) is 19.7. The number of hydrogen-bond acceptors (Lipinski definition) is 3. The van der Waals surface area contributed by atoms with Crippen LogP contribution in [0.15, 0.2) is 22.7 Å². The third-order valence-electron chi connectivity index (χ3n) is 2.39. The molecule has 1 aliphatic rings. The summed E-state index contributed by atoms with van der Waals surface area (Å²) in [5, 5.41) is 0. The molecule has 0 bridgehead atoms. The van der Waals surface area contributed by atoms with Crippen molar-refractivity contribution in [2.45, 2.75) is 12.5 Å². The zero-order valence-electron chi connectivity index (χ0n) is 8.61. The van der Waals surface area contributed by atoms with Crippen LogP contribution in [0.3, 0.4) is 0 Å². The van der Waals surface area contributed by atoms with Crippen LogP contribution in [0, 0.1) is 0 Å². The van der Waals surface area contributed by atoms with E-state index in [4.69, 9.17) is 27.4 Å². The first-order valence-electron chi connectivity index (χ1n) is 5.00. The number of hydrogen-bond donors (Lipinski definition) is 1. The number of ether oxygens (including phenoxy) is 2. The molecule has 1 saturated heterocycles. The van der Waals surface area contributed by atoms with E-state index in [2.05, 4.69) is 15.9 Å². The highest BCUT2D eigenvalue weighted by molar-refractivity contribution is 9.10. The van der Waals surface area contributed by atoms with Gasteiger partial charge in [-0.3, -0.25) is 0 Å². The predicted octanol–water partition coefficient (Wildman–Crippen LogP) is 2.25. The minimum atomic E-state index is 0.106. The molecule has 5 heteroatoms. The SMILES string of the molecule is NC(=S)c1cc(Br)ccc1OC1CCOC1. The maximum atomic E-state index is 5.81. The molecule has 1 aromatic carbocycles. The highest BCUT2D eigenvalue weighted by Crippen LogP contribution is 2.25. The fourth-order valence-corrected chi connectivity index (χ4v) is 2.10. The van der Waals surface area contributed by atoms with Gasteiger partial charge in [-0.25, -0.2) is 0 Å². The Hall–Kier alpha value is -0.650. The molecule has 3 nitrogen and oxygen atoms in total. The zero-order valence-corrected chi connectivity index (χ0v) is 11.0. The summed E-state index contributed by atoms with van der Waals surface area (Å²) in [6.45, 7) is 1.39. The Morgan fingerprint density at radius 1 is 1.56 bits per heavy atom. The van der Waals surface area contributed by atoms with Crippen molar-refractivity contribution < 1.29 is 9.47 Å². The third-order valence-corrected chi connectivity index (χ3v) is 3.10. The molecule has 2 N–H and O–H groups in total. The molecule has 0 amide bonds. The minimum absolute atomic E-state index is 0.106. The van der Waals surface area contributed by atoms with Crippen molar-refractivity contribution in [3.63, 3.8) is 0 Å². The second-order valence-corrected chi connectivity index (χ2v) is 4.96. The number of rotatable bonds is 3. The topological polar surface area (TPSA) is 44.5 Å². The molecule has 1 aliphatic heterocycles. The van der Waals surface area contributed by atoms with Crippen molar-refractivity contribution in [3.05, 3.63) is 28.2 Å². The van der Waals surface area contributed by atoms with Gasteiger partial charge in [-0.2, -0.15) is 0 Å². The molecule has 0 spiro atoms. The summed E-state index contributed by atoms with van der Waals surface area (Å²) < 4.78 is 12.0. The van der Waals surface area contributed by atoms with Gasteiger partial charge < -0.3 is 15.2 Å². The first-order valence-corrected chi connectivity index (χ1v) is 6.20. The van der Waals surface area contributed by atoms with Crippen LogP contribution in [-0.2, 0) is 4.74 Å². The Bertz CT molecular complexity index is 405. The van der Waals surface area contributed by atoms with E-state index in [1.165, 1.54) is 0 Å². The van der Waals surface area contributed by atoms with Crippen molar-refractivity contribution in [2.75, 3.05) is 13.2 Å². The van der Waals surface area contributed by atoms with E-state index >= 15 is 0 Å². The van der Waals surface area contributed by atoms with Gasteiger partial charge in [0.25, 0.3) is 0 Å². The average Bonchev–Trinajstić information content (AvgIpc) is 2.73. The van der Waals surface area contributed by atoms with Gasteiger partial charge in [-0.15, -0.1) is 0 Å². The van der Waals surface area contributed by atoms with Crippen molar-refractivity contribution in [1.82, 2.24) is 0 Å². The highest BCUT2D eigenvalue weighted by Gasteiger charge is 2.19. The largest absolute Gasteiger partial charge is 0.487 e. The van der Waals surface area contributed by atoms with Crippen LogP contribution in [0.25, 0.3) is 0 Å². The number of halogens is 1. The fraction of sp³-hybridized carbons (Fsp3) is 0.364. The van der Waals surface area contributed by atoms with Crippen LogP contribution in [0.5, 0.6) is 5.75 Å². The Balaban J connectivity index is 2.21. The van der Waals surface area contributed by atoms with Crippen molar-refractivity contribution in [3.8, 4) is 5.75 Å². The molecular formula is C11H12BrNO2S. The van der Waals surface area contributed by atoms with Gasteiger partial charge >= 0.3 is 0 Å². The standard InChI is InChI=1S/C11H12BrNO2S/c12-7-1-2-10(9(5-7)11(13)16)15-8-3-4-14-6-8/h1-2,5,8H,3-4,6H2,(H2,13,16). The van der Waals surface area contributed by atoms with Gasteiger partial charge in [0.2, 0.25) is 0 Å². The quantitative estimate of drug-likeness (QED) is 0.870. The summed E-state index contributed by atoms with van der Waals surface area (Å²) in [6, 6.07) is 5.65. The molecule has 86 valence electrons. The molecule has 0 saturated carbocycles. The van der Waals surface area contributed by atoms with E-state index in [1.807, 2.05) is 18.2 Å². The molecular weight excluding hydrogens is 290 g/mol. The fourth-order valence-electron chi connectivity index (χ4n) is 1.58. The van der Waals surface area contributed by atoms with Crippen LogP contribution in [-0.4, -0.2) is 24.3 Å². The van der Waals surface area contributed by atoms with Gasteiger partial charge in [0, 0.05) is 10.9 Å². The summed E-state index contributed by atoms with van der Waals surface area (Å²) in [6.07, 6.45) is 1.02. The molecule has 0 aromatic heterocycles. The molecule has 2 rings (SSSR count). The van der Waals surface area contributed by atoms with Crippen molar-refractivity contribution in [2.24, 2.45) is 5.73 Å². The van der Waals surface area contributed by atoms with Crippen LogP contribution < -0.4 is 10.5 Å². The zero-order chi connectivity index (χ0) is 11.5. The van der Waals surface area contributed by atoms with E-state index in [0.29, 0.717) is 11.6 Å². The number of benzene rings is 1. The summed E-state index contributed by atoms with van der Waals surface area (Å²) in [5.41, 5.74) is 6.42. The Labute approximate surface area is 108 Å². The lowest BCUT2D eigenvalue weighted by Gasteiger charge is -2.15. The summed E-state index contributed by atoms with van der Waals surface area (Å²) in [5.74, 6) is 0.728. The summed E-state index contributed by atoms with van der Waals surface area (Å²) in [4.78, 5) is 0.343. The van der Waals surface area contributed by atoms with Crippen molar-refractivity contribution in [1.29, 1.82) is 0 Å². The van der Waals surface area contributed by atoms with Gasteiger partial charge in [-0.1, -0.05) is 28.1 Å². The summed E-state index contributed by atoms with van der Waals surface area (Å²) >= 11 is 8.38. The lowest BCUT2D eigenvalue weighted by molar-refractivity contribution is 0.141. The van der Waals surface area contributed by atoms with E-state index in [9.17, 15) is 0 Å². The molecule has 1 atom stereocenters. The monoisotopic (exact) mass is 301 g/mol. The third kappa shape index (κ3) is 2.72. The van der Waals surface area contributed by atoms with E-state index in [0.717, 1.165) is 28.8 Å². The lowest BCUT2D eigenvalue weighted by atomic mass is 10.2. The molecule has 1 heterocycles. The van der Waals surface area contributed by atoms with Gasteiger partial charge in [-0.05, 0) is 18.2 Å². The molecule has 1 unspecified atom stereocenters. The van der Waals surface area contributed by atoms with Crippen LogP contribution in [0.1, 0.15) is 12.0 Å². The van der Waals surface area contributed by atoms with E-state index < -0.39 is 0 Å². The van der Waals surface area contributed by atoms with Gasteiger partial charge in [0.15, 0.2) is 0 Å². The first-order chi connectivity index (χ1) is 7.66. The van der Waals surface area contributed by atoms with Gasteiger partial charge in [0.05, 0.1) is 18.8 Å². The second-order valence-electron chi connectivity index (χ2n) is 3.61. The smallest absolute Gasteiger partial charge is 0.130 e. The Morgan fingerprint density at radius 2 is 2.38 bits per heavy atom. The molecule has 1 aromatic rings. The Morgan fingerprint density at radius 3 is 3.00 bits per heavy atom. The Kier molecular flexibility index (Phi) is 3.78. The predicted molar refractivity (Wildman–Crippen MR) is 69.9 cm³/mol. The second kappa shape index (κ2) is 5.12. The molecule has 1 fully saturated rings. The number of thiocarbonyl (C=S) groups is 1.